The lowest BCUT2D eigenvalue weighted by molar-refractivity contribution is -0.664. The number of aromatic hydroxyl groups is 1. The van der Waals surface area contributed by atoms with Crippen molar-refractivity contribution in [2.24, 2.45) is 0 Å². The average molecular weight is 402 g/mol. The van der Waals surface area contributed by atoms with Gasteiger partial charge >= 0.3 is 0 Å². The van der Waals surface area contributed by atoms with E-state index in [0.717, 1.165) is 24.0 Å². The van der Waals surface area contributed by atoms with Gasteiger partial charge in [0.25, 0.3) is 5.52 Å². The Hall–Kier alpha value is -2.27. The highest BCUT2D eigenvalue weighted by Gasteiger charge is 2.31. The fourth-order valence-electron chi connectivity index (χ4n) is 3.21. The molecule has 3 aromatic rings. The molecule has 1 aromatic heterocycles. The maximum atomic E-state index is 12.9. The van der Waals surface area contributed by atoms with Crippen molar-refractivity contribution >= 4 is 22.6 Å². The van der Waals surface area contributed by atoms with Crippen LogP contribution in [0.25, 0.3) is 16.7 Å². The second kappa shape index (κ2) is 6.96. The summed E-state index contributed by atoms with van der Waals surface area (Å²) in [7, 11) is 0. The molecule has 0 aliphatic carbocycles. The van der Waals surface area contributed by atoms with Gasteiger partial charge in [-0.25, -0.2) is 0 Å². The number of fused-ring (bicyclic) bond motifs is 1. The van der Waals surface area contributed by atoms with E-state index in [1.807, 2.05) is 6.07 Å². The van der Waals surface area contributed by atoms with E-state index in [1.54, 1.807) is 18.2 Å². The lowest BCUT2D eigenvalue weighted by Gasteiger charge is -2.30. The van der Waals surface area contributed by atoms with E-state index >= 15 is 0 Å². The molecule has 0 spiro atoms. The van der Waals surface area contributed by atoms with Gasteiger partial charge in [-0.1, -0.05) is 59.2 Å². The quantitative estimate of drug-likeness (QED) is 0.460. The van der Waals surface area contributed by atoms with Crippen LogP contribution < -0.4 is 4.85 Å². The summed E-state index contributed by atoms with van der Waals surface area (Å²) >= 11 is 6.06. The Morgan fingerprint density at radius 1 is 1.07 bits per heavy atom. The van der Waals surface area contributed by atoms with Crippen LogP contribution in [-0.2, 0) is 10.8 Å². The van der Waals surface area contributed by atoms with Crippen LogP contribution in [0.5, 0.6) is 5.75 Å². The van der Waals surface area contributed by atoms with Crippen molar-refractivity contribution in [2.45, 2.75) is 65.2 Å². The first-order valence-electron chi connectivity index (χ1n) is 9.68. The van der Waals surface area contributed by atoms with Crippen molar-refractivity contribution in [1.82, 2.24) is 9.90 Å². The van der Waals surface area contributed by atoms with Crippen LogP contribution in [0, 0.1) is 5.21 Å². The minimum Gasteiger partial charge on any atom is -0.692 e. The highest BCUT2D eigenvalue weighted by atomic mass is 35.5. The molecular formula is C22H28ClN3O2. The van der Waals surface area contributed by atoms with Crippen LogP contribution in [0.15, 0.2) is 30.3 Å². The highest BCUT2D eigenvalue weighted by molar-refractivity contribution is 6.31. The molecule has 1 N–H and O–H groups in total. The molecule has 0 atom stereocenters. The van der Waals surface area contributed by atoms with E-state index in [1.165, 1.54) is 4.80 Å². The van der Waals surface area contributed by atoms with Crippen molar-refractivity contribution in [1.29, 1.82) is 0 Å². The third-order valence-electron chi connectivity index (χ3n) is 6.10. The number of benzene rings is 2. The Kier molecular flexibility index (Phi) is 5.09. The fraction of sp³-hybridized carbons (Fsp3) is 0.455. The number of rotatable bonds is 5. The van der Waals surface area contributed by atoms with Gasteiger partial charge in [-0.3, -0.25) is 0 Å². The monoisotopic (exact) mass is 401 g/mol. The van der Waals surface area contributed by atoms with Gasteiger partial charge in [0, 0.05) is 16.7 Å². The molecule has 0 amide bonds. The molecule has 0 saturated carbocycles. The minimum absolute atomic E-state index is 0.0889. The second-order valence-corrected chi connectivity index (χ2v) is 9.10. The Morgan fingerprint density at radius 2 is 1.71 bits per heavy atom. The van der Waals surface area contributed by atoms with E-state index in [-0.39, 0.29) is 16.6 Å². The molecule has 0 unspecified atom stereocenters. The van der Waals surface area contributed by atoms with Crippen molar-refractivity contribution in [3.63, 3.8) is 0 Å². The summed E-state index contributed by atoms with van der Waals surface area (Å²) in [6, 6.07) is 8.89. The van der Waals surface area contributed by atoms with Crippen LogP contribution in [0.4, 0.5) is 0 Å². The van der Waals surface area contributed by atoms with Crippen LogP contribution in [0.1, 0.15) is 65.5 Å². The van der Waals surface area contributed by atoms with Crippen molar-refractivity contribution in [3.8, 4) is 11.4 Å². The van der Waals surface area contributed by atoms with Gasteiger partial charge in [-0.2, -0.15) is 0 Å². The van der Waals surface area contributed by atoms with Gasteiger partial charge in [0.05, 0.1) is 5.10 Å². The first-order valence-corrected chi connectivity index (χ1v) is 10.1. The predicted octanol–water partition coefficient (Wildman–Crippen LogP) is 5.39. The molecule has 0 aliphatic rings. The topological polar surface area (TPSA) is 65.0 Å². The molecule has 1 heterocycles. The SMILES string of the molecule is CCC(C)(C)c1cc(-n2nc3cc(Cl)ccc3[n+]2[O-])c(O)c(C(C)(C)CC)c1. The summed E-state index contributed by atoms with van der Waals surface area (Å²) in [5.41, 5.74) is 2.81. The molecule has 0 fully saturated rings. The summed E-state index contributed by atoms with van der Waals surface area (Å²) in [4.78, 5) is 1.92. The summed E-state index contributed by atoms with van der Waals surface area (Å²) in [6.45, 7) is 12.7. The fourth-order valence-corrected chi connectivity index (χ4v) is 3.37. The molecule has 0 bridgehead atoms. The van der Waals surface area contributed by atoms with Gasteiger partial charge in [-0.15, -0.1) is 4.85 Å². The largest absolute Gasteiger partial charge is 0.692 e. The molecule has 2 aromatic carbocycles. The number of phenols is 1. The molecule has 3 rings (SSSR count). The summed E-state index contributed by atoms with van der Waals surface area (Å²) in [5.74, 6) is 0.0889. The lowest BCUT2D eigenvalue weighted by atomic mass is 9.76. The number of phenolic OH excluding ortho intramolecular Hbond substituents is 1. The molecule has 6 heteroatoms. The molecule has 150 valence electrons. The predicted molar refractivity (Wildman–Crippen MR) is 113 cm³/mol. The van der Waals surface area contributed by atoms with Crippen LogP contribution in [0.2, 0.25) is 5.02 Å². The Morgan fingerprint density at radius 3 is 2.32 bits per heavy atom. The van der Waals surface area contributed by atoms with Crippen LogP contribution in [-0.4, -0.2) is 15.0 Å². The van der Waals surface area contributed by atoms with Crippen molar-refractivity contribution in [2.75, 3.05) is 0 Å². The Bertz CT molecular complexity index is 1040. The maximum absolute atomic E-state index is 12.9. The molecular weight excluding hydrogens is 374 g/mol. The average Bonchev–Trinajstić information content (AvgIpc) is 2.97. The van der Waals surface area contributed by atoms with E-state index in [0.29, 0.717) is 26.6 Å². The first-order chi connectivity index (χ1) is 13.0. The number of nitrogens with zero attached hydrogens (tertiary/aromatic N) is 3. The minimum atomic E-state index is -0.248. The Labute approximate surface area is 171 Å². The van der Waals surface area contributed by atoms with Gasteiger partial charge in [0.2, 0.25) is 5.52 Å². The standard InChI is InChI=1S/C22H28ClN3O2/c1-7-21(3,4)14-11-16(22(5,6)8-2)20(27)19(12-14)25-24-17-13-15(23)9-10-18(17)26(25)28/h9-13,27H,7-8H2,1-6H3. The summed E-state index contributed by atoms with van der Waals surface area (Å²) in [5, 5.41) is 29.0. The third-order valence-corrected chi connectivity index (χ3v) is 6.34. The summed E-state index contributed by atoms with van der Waals surface area (Å²) in [6.07, 6.45) is 1.78. The van der Waals surface area contributed by atoms with Crippen LogP contribution >= 0.6 is 11.6 Å². The zero-order valence-corrected chi connectivity index (χ0v) is 18.1. The third kappa shape index (κ3) is 3.32. The number of hydrogen-bond acceptors (Lipinski definition) is 3. The van der Waals surface area contributed by atoms with E-state index < -0.39 is 0 Å². The van der Waals surface area contributed by atoms with Gasteiger partial charge < -0.3 is 10.3 Å². The molecule has 0 radical (unpaired) electrons. The normalized spacial score (nSPS) is 12.7. The van der Waals surface area contributed by atoms with Crippen molar-refractivity contribution in [3.05, 3.63) is 51.7 Å². The van der Waals surface area contributed by atoms with E-state index in [9.17, 15) is 10.3 Å². The smallest absolute Gasteiger partial charge is 0.251 e. The summed E-state index contributed by atoms with van der Waals surface area (Å²) < 4.78 is 0. The van der Waals surface area contributed by atoms with E-state index in [4.69, 9.17) is 11.6 Å². The highest BCUT2D eigenvalue weighted by Crippen LogP contribution is 2.41. The second-order valence-electron chi connectivity index (χ2n) is 8.66. The van der Waals surface area contributed by atoms with Gasteiger partial charge in [0.1, 0.15) is 0 Å². The van der Waals surface area contributed by atoms with Gasteiger partial charge in [-0.05, 0) is 52.2 Å². The number of halogens is 1. The zero-order chi connectivity index (χ0) is 20.9. The molecule has 0 saturated heterocycles. The van der Waals surface area contributed by atoms with Crippen LogP contribution in [0.3, 0.4) is 0 Å². The van der Waals surface area contributed by atoms with Crippen molar-refractivity contribution < 1.29 is 9.95 Å². The van der Waals surface area contributed by atoms with Gasteiger partial charge in [0.15, 0.2) is 11.4 Å². The molecule has 5 nitrogen and oxygen atoms in total. The number of aromatic nitrogens is 3. The first kappa shape index (κ1) is 20.5. The lowest BCUT2D eigenvalue weighted by Crippen LogP contribution is -2.37. The zero-order valence-electron chi connectivity index (χ0n) is 17.4. The molecule has 28 heavy (non-hydrogen) atoms. The molecule has 0 aliphatic heterocycles. The maximum Gasteiger partial charge on any atom is 0.251 e. The Balaban J connectivity index is 2.36. The number of hydrogen-bond donors (Lipinski definition) is 1. The van der Waals surface area contributed by atoms with E-state index in [2.05, 4.69) is 52.7 Å².